The van der Waals surface area contributed by atoms with Crippen molar-refractivity contribution in [3.63, 3.8) is 0 Å². The molecule has 0 saturated heterocycles. The highest BCUT2D eigenvalue weighted by Gasteiger charge is 2.40. The maximum atomic E-state index is 11.5. The van der Waals surface area contributed by atoms with E-state index in [0.717, 1.165) is 31.6 Å². The Morgan fingerprint density at radius 2 is 0.977 bits per heavy atom. The number of hydrogen-bond acceptors (Lipinski definition) is 6. The van der Waals surface area contributed by atoms with E-state index in [4.69, 9.17) is 0 Å². The third-order valence-electron chi connectivity index (χ3n) is 11.6. The Bertz CT molecular complexity index is 1000. The lowest BCUT2D eigenvalue weighted by molar-refractivity contribution is -0.141. The van der Waals surface area contributed by atoms with E-state index >= 15 is 0 Å². The smallest absolute Gasteiger partial charge is 0.142 e. The van der Waals surface area contributed by atoms with Crippen molar-refractivity contribution in [2.45, 2.75) is 161 Å². The highest BCUT2D eigenvalue weighted by atomic mass is 16.3. The Morgan fingerprint density at radius 1 is 0.523 bits per heavy atom. The van der Waals surface area contributed by atoms with E-state index in [2.05, 4.69) is 55.4 Å². The van der Waals surface area contributed by atoms with Gasteiger partial charge >= 0.3 is 0 Å². The first-order valence-electron chi connectivity index (χ1n) is 17.2. The molecule has 0 amide bonds. The van der Waals surface area contributed by atoms with Crippen LogP contribution in [-0.4, -0.2) is 45.6 Å². The molecule has 4 saturated carbocycles. The predicted molar refractivity (Wildman–Crippen MR) is 179 cm³/mol. The molecule has 0 bridgehead atoms. The number of aliphatic hydroxyl groups is 2. The Hall–Kier alpha value is -1.40. The lowest BCUT2D eigenvalue weighted by Crippen LogP contribution is -2.40. The third kappa shape index (κ3) is 11.4. The molecular formula is C38H68O6. The van der Waals surface area contributed by atoms with Crippen LogP contribution in [0, 0.1) is 57.2 Å². The van der Waals surface area contributed by atoms with E-state index in [1.807, 2.05) is 41.5 Å². The average molecular weight is 621 g/mol. The van der Waals surface area contributed by atoms with Crippen LogP contribution in [0.2, 0.25) is 0 Å². The van der Waals surface area contributed by atoms with Crippen molar-refractivity contribution in [2.75, 3.05) is 0 Å². The molecule has 0 radical (unpaired) electrons. The largest absolute Gasteiger partial charge is 0.393 e. The first kappa shape index (κ1) is 40.6. The highest BCUT2D eigenvalue weighted by Crippen LogP contribution is 2.44. The van der Waals surface area contributed by atoms with Crippen LogP contribution in [0.25, 0.3) is 0 Å². The Morgan fingerprint density at radius 3 is 1.43 bits per heavy atom. The fraction of sp³-hybridized carbons (Fsp3) is 0.895. The molecule has 0 heterocycles. The van der Waals surface area contributed by atoms with Gasteiger partial charge in [0.05, 0.1) is 12.2 Å². The summed E-state index contributed by atoms with van der Waals surface area (Å²) in [5.41, 5.74) is -0.155. The summed E-state index contributed by atoms with van der Waals surface area (Å²) in [5, 5.41) is 18.9. The summed E-state index contributed by atoms with van der Waals surface area (Å²) in [5.74, 6) is 3.84. The van der Waals surface area contributed by atoms with E-state index in [1.54, 1.807) is 0 Å². The zero-order valence-electron chi connectivity index (χ0n) is 30.8. The van der Waals surface area contributed by atoms with Crippen molar-refractivity contribution < 1.29 is 29.4 Å². The first-order valence-corrected chi connectivity index (χ1v) is 17.2. The van der Waals surface area contributed by atoms with E-state index in [1.165, 1.54) is 0 Å². The standard InChI is InChI=1S/C10H20O.C10H18O.C9H16O2.C9H14O2/c2*1-7-5-9(11)6-10(3,4)8(7)2;2*1-6-4-7(10)5-9(2,3)8(6)11/h7-9,11H,5-6H2,1-4H3;7-8H,5-6H2,1-4H3;6-7,10H,4-5H2,1-3H3;6H,4-5H2,1-3H3. The van der Waals surface area contributed by atoms with Crippen molar-refractivity contribution in [2.24, 2.45) is 57.2 Å². The first-order chi connectivity index (χ1) is 19.7. The molecule has 4 aliphatic carbocycles. The maximum absolute atomic E-state index is 11.5. The Kier molecular flexibility index (Phi) is 14.3. The zero-order valence-corrected chi connectivity index (χ0v) is 30.8. The van der Waals surface area contributed by atoms with Gasteiger partial charge in [0.1, 0.15) is 23.1 Å². The molecule has 44 heavy (non-hydrogen) atoms. The number of aliphatic hydroxyl groups excluding tert-OH is 2. The molecule has 2 N–H and O–H groups in total. The summed E-state index contributed by atoms with van der Waals surface area (Å²) in [7, 11) is 0. The van der Waals surface area contributed by atoms with E-state index in [9.17, 15) is 29.4 Å². The molecule has 6 nitrogen and oxygen atoms in total. The molecule has 0 aromatic rings. The zero-order chi connectivity index (χ0) is 34.6. The summed E-state index contributed by atoms with van der Waals surface area (Å²) in [4.78, 5) is 45.2. The Balaban J connectivity index is 0.000000293. The van der Waals surface area contributed by atoms with Crippen molar-refractivity contribution in [1.82, 2.24) is 0 Å². The van der Waals surface area contributed by atoms with Gasteiger partial charge in [-0.1, -0.05) is 96.9 Å². The predicted octanol–water partition coefficient (Wildman–Crippen LogP) is 8.04. The molecule has 4 rings (SSSR count). The number of hydrogen-bond donors (Lipinski definition) is 2. The summed E-state index contributed by atoms with van der Waals surface area (Å²) in [6.07, 6.45) is 5.33. The third-order valence-corrected chi connectivity index (χ3v) is 11.6. The molecule has 4 aliphatic rings. The number of carbonyl (C=O) groups is 4. The molecule has 4 fully saturated rings. The normalized spacial score (nSPS) is 37.3. The molecule has 8 unspecified atom stereocenters. The minimum Gasteiger partial charge on any atom is -0.393 e. The molecule has 256 valence electrons. The van der Waals surface area contributed by atoms with Crippen molar-refractivity contribution in [3.05, 3.63) is 0 Å². The number of carbonyl (C=O) groups excluding carboxylic acids is 4. The number of rotatable bonds is 0. The van der Waals surface area contributed by atoms with Crippen molar-refractivity contribution >= 4 is 23.1 Å². The van der Waals surface area contributed by atoms with Gasteiger partial charge in [0.15, 0.2) is 0 Å². The van der Waals surface area contributed by atoms with Gasteiger partial charge in [0.2, 0.25) is 0 Å². The molecule has 8 atom stereocenters. The SMILES string of the molecule is CC1CC(=O)CC(C)(C)C1=O.CC1CC(=O)CC(C)(C)C1C.CC1CC(O)CC(C)(C)C1=O.CC1CC(O)CC(C)(C)C1C. The van der Waals surface area contributed by atoms with Crippen LogP contribution >= 0.6 is 0 Å². The van der Waals surface area contributed by atoms with Crippen LogP contribution in [0.5, 0.6) is 0 Å². The van der Waals surface area contributed by atoms with Gasteiger partial charge < -0.3 is 10.2 Å². The Labute approximate surface area is 269 Å². The number of ketones is 4. The summed E-state index contributed by atoms with van der Waals surface area (Å²) < 4.78 is 0. The van der Waals surface area contributed by atoms with Crippen LogP contribution in [0.4, 0.5) is 0 Å². The van der Waals surface area contributed by atoms with Gasteiger partial charge in [0, 0.05) is 48.3 Å². The van der Waals surface area contributed by atoms with Crippen LogP contribution in [0.1, 0.15) is 148 Å². The fourth-order valence-electron chi connectivity index (χ4n) is 8.04. The van der Waals surface area contributed by atoms with Gasteiger partial charge in [-0.25, -0.2) is 0 Å². The van der Waals surface area contributed by atoms with Crippen LogP contribution in [-0.2, 0) is 19.2 Å². The lowest BCUT2D eigenvalue weighted by Gasteiger charge is -2.43. The molecule has 0 spiro atoms. The van der Waals surface area contributed by atoms with Gasteiger partial charge in [-0.15, -0.1) is 0 Å². The number of Topliss-reactive ketones (excluding diaryl/α,β-unsaturated/α-hetero) is 4. The van der Waals surface area contributed by atoms with Gasteiger partial charge in [-0.3, -0.25) is 19.2 Å². The summed E-state index contributed by atoms with van der Waals surface area (Å²) >= 11 is 0. The van der Waals surface area contributed by atoms with E-state index in [0.29, 0.717) is 60.4 Å². The highest BCUT2D eigenvalue weighted by molar-refractivity contribution is 5.98. The van der Waals surface area contributed by atoms with Crippen molar-refractivity contribution in [3.8, 4) is 0 Å². The van der Waals surface area contributed by atoms with Gasteiger partial charge in [-0.05, 0) is 60.2 Å². The van der Waals surface area contributed by atoms with Gasteiger partial charge in [0.25, 0.3) is 0 Å². The average Bonchev–Trinajstić information content (AvgIpc) is 2.83. The molecular weight excluding hydrogens is 552 g/mol. The molecule has 0 aromatic heterocycles. The van der Waals surface area contributed by atoms with E-state index < -0.39 is 5.41 Å². The van der Waals surface area contributed by atoms with E-state index in [-0.39, 0.29) is 46.4 Å². The molecule has 0 aliphatic heterocycles. The summed E-state index contributed by atoms with van der Waals surface area (Å²) in [6, 6.07) is 0. The molecule has 0 aromatic carbocycles. The van der Waals surface area contributed by atoms with Crippen LogP contribution in [0.15, 0.2) is 0 Å². The minimum atomic E-state index is -0.408. The second kappa shape index (κ2) is 15.5. The maximum Gasteiger partial charge on any atom is 0.142 e. The second-order valence-electron chi connectivity index (χ2n) is 17.8. The summed E-state index contributed by atoms with van der Waals surface area (Å²) in [6.45, 7) is 29.2. The van der Waals surface area contributed by atoms with Crippen LogP contribution in [0.3, 0.4) is 0 Å². The molecule has 6 heteroatoms. The second-order valence-corrected chi connectivity index (χ2v) is 17.8. The van der Waals surface area contributed by atoms with Crippen molar-refractivity contribution in [1.29, 1.82) is 0 Å². The lowest BCUT2D eigenvalue weighted by atomic mass is 9.64. The monoisotopic (exact) mass is 621 g/mol. The topological polar surface area (TPSA) is 109 Å². The van der Waals surface area contributed by atoms with Crippen LogP contribution < -0.4 is 0 Å². The quantitative estimate of drug-likeness (QED) is 0.284. The van der Waals surface area contributed by atoms with Gasteiger partial charge in [-0.2, -0.15) is 0 Å². The fourth-order valence-corrected chi connectivity index (χ4v) is 8.04. The minimum absolute atomic E-state index is 0.0359.